The molecule has 0 amide bonds. The predicted molar refractivity (Wildman–Crippen MR) is 92.5 cm³/mol. The van der Waals surface area contributed by atoms with Gasteiger partial charge in [-0.3, -0.25) is 4.79 Å². The van der Waals surface area contributed by atoms with E-state index in [1.807, 2.05) is 78.9 Å². The summed E-state index contributed by atoms with van der Waals surface area (Å²) >= 11 is 0. The van der Waals surface area contributed by atoms with Crippen molar-refractivity contribution in [1.29, 1.82) is 0 Å². The minimum Gasteiger partial charge on any atom is -0.425 e. The second-order valence-electron chi connectivity index (χ2n) is 5.34. The molecule has 0 aliphatic heterocycles. The van der Waals surface area contributed by atoms with Crippen molar-refractivity contribution in [1.82, 2.24) is 4.73 Å². The molecule has 3 aromatic rings. The molecule has 0 aliphatic rings. The van der Waals surface area contributed by atoms with Gasteiger partial charge in [-0.25, -0.2) is 0 Å². The molecular weight excluding hydrogens is 286 g/mol. The van der Waals surface area contributed by atoms with Gasteiger partial charge in [0, 0.05) is 12.5 Å². The van der Waals surface area contributed by atoms with Crippen LogP contribution in [-0.2, 0) is 6.42 Å². The highest BCUT2D eigenvalue weighted by molar-refractivity contribution is 5.69. The summed E-state index contributed by atoms with van der Waals surface area (Å²) in [6.45, 7) is 0. The van der Waals surface area contributed by atoms with Crippen molar-refractivity contribution in [3.8, 4) is 0 Å². The maximum absolute atomic E-state index is 11.9. The Hall–Kier alpha value is -3.07. The average Bonchev–Trinajstić information content (AvgIpc) is 2.59. The highest BCUT2D eigenvalue weighted by Crippen LogP contribution is 2.12. The molecule has 0 saturated heterocycles. The third-order valence-corrected chi connectivity index (χ3v) is 3.60. The molecule has 2 aromatic carbocycles. The molecule has 3 nitrogen and oxygen atoms in total. The van der Waals surface area contributed by atoms with E-state index in [1.54, 1.807) is 0 Å². The molecule has 0 aliphatic carbocycles. The van der Waals surface area contributed by atoms with Gasteiger partial charge in [0.25, 0.3) is 5.56 Å². The summed E-state index contributed by atoms with van der Waals surface area (Å²) in [5.74, 6) is 0. The van der Waals surface area contributed by atoms with Crippen LogP contribution in [0.5, 0.6) is 0 Å². The molecule has 1 heterocycles. The fourth-order valence-electron chi connectivity index (χ4n) is 2.42. The molecule has 1 aromatic heterocycles. The number of aromatic nitrogens is 1. The van der Waals surface area contributed by atoms with Crippen LogP contribution in [0.1, 0.15) is 22.4 Å². The van der Waals surface area contributed by atoms with Crippen molar-refractivity contribution in [3.05, 3.63) is 106 Å². The standard InChI is InChI=1S/C20H17NO2/c22-20-15-18(12-11-16-7-3-1-4-8-16)14-19(21(20)23)13-17-9-5-2-6-10-17/h1-12,14-15,23H,13H2/b12-11+. The molecule has 0 saturated carbocycles. The molecule has 0 fully saturated rings. The van der Waals surface area contributed by atoms with E-state index in [2.05, 4.69) is 0 Å². The van der Waals surface area contributed by atoms with E-state index in [-0.39, 0.29) is 0 Å². The fourth-order valence-corrected chi connectivity index (χ4v) is 2.42. The average molecular weight is 303 g/mol. The van der Waals surface area contributed by atoms with Crippen LogP contribution < -0.4 is 5.56 Å². The SMILES string of the molecule is O=c1cc(/C=C/c2ccccc2)cc(Cc2ccccc2)n1O. The third kappa shape index (κ3) is 3.77. The number of benzene rings is 2. The van der Waals surface area contributed by atoms with Crippen LogP contribution in [0.3, 0.4) is 0 Å². The summed E-state index contributed by atoms with van der Waals surface area (Å²) < 4.78 is 0.715. The first kappa shape index (κ1) is 14.9. The molecule has 3 rings (SSSR count). The van der Waals surface area contributed by atoms with Crippen LogP contribution in [0.15, 0.2) is 77.6 Å². The maximum Gasteiger partial charge on any atom is 0.283 e. The van der Waals surface area contributed by atoms with E-state index >= 15 is 0 Å². The molecule has 0 radical (unpaired) electrons. The summed E-state index contributed by atoms with van der Waals surface area (Å²) in [7, 11) is 0. The van der Waals surface area contributed by atoms with Crippen molar-refractivity contribution in [2.45, 2.75) is 6.42 Å². The number of hydrogen-bond acceptors (Lipinski definition) is 2. The molecule has 3 heteroatoms. The van der Waals surface area contributed by atoms with Crippen molar-refractivity contribution < 1.29 is 5.21 Å². The molecule has 114 valence electrons. The molecule has 0 spiro atoms. The highest BCUT2D eigenvalue weighted by atomic mass is 16.5. The van der Waals surface area contributed by atoms with Gasteiger partial charge in [0.05, 0.1) is 5.69 Å². The lowest BCUT2D eigenvalue weighted by molar-refractivity contribution is 0.166. The van der Waals surface area contributed by atoms with Gasteiger partial charge in [-0.2, -0.15) is 4.73 Å². The van der Waals surface area contributed by atoms with E-state index in [1.165, 1.54) is 6.07 Å². The number of hydrogen-bond donors (Lipinski definition) is 1. The quantitative estimate of drug-likeness (QED) is 0.744. The smallest absolute Gasteiger partial charge is 0.283 e. The lowest BCUT2D eigenvalue weighted by Gasteiger charge is -2.07. The van der Waals surface area contributed by atoms with Crippen LogP contribution in [-0.4, -0.2) is 9.94 Å². The van der Waals surface area contributed by atoms with Gasteiger partial charge in [0.15, 0.2) is 0 Å². The first-order valence-corrected chi connectivity index (χ1v) is 7.45. The van der Waals surface area contributed by atoms with Gasteiger partial charge < -0.3 is 5.21 Å². The number of nitrogens with zero attached hydrogens (tertiary/aromatic N) is 1. The highest BCUT2D eigenvalue weighted by Gasteiger charge is 2.05. The van der Waals surface area contributed by atoms with Crippen molar-refractivity contribution in [2.75, 3.05) is 0 Å². The summed E-state index contributed by atoms with van der Waals surface area (Å²) in [6, 6.07) is 22.9. The van der Waals surface area contributed by atoms with Gasteiger partial charge in [-0.15, -0.1) is 0 Å². The summed E-state index contributed by atoms with van der Waals surface area (Å²) in [6.07, 6.45) is 4.33. The van der Waals surface area contributed by atoms with Gasteiger partial charge in [0.1, 0.15) is 0 Å². The minimum atomic E-state index is -0.425. The fraction of sp³-hybridized carbons (Fsp3) is 0.0500. The first-order chi connectivity index (χ1) is 11.2. The monoisotopic (exact) mass is 303 g/mol. The topological polar surface area (TPSA) is 42.2 Å². The molecule has 0 bridgehead atoms. The molecule has 0 unspecified atom stereocenters. The second kappa shape index (κ2) is 6.79. The largest absolute Gasteiger partial charge is 0.425 e. The van der Waals surface area contributed by atoms with Crippen molar-refractivity contribution in [2.24, 2.45) is 0 Å². The number of rotatable bonds is 4. The predicted octanol–water partition coefficient (Wildman–Crippen LogP) is 3.85. The van der Waals surface area contributed by atoms with Crippen LogP contribution >= 0.6 is 0 Å². The Balaban J connectivity index is 1.91. The van der Waals surface area contributed by atoms with E-state index in [4.69, 9.17) is 0 Å². The van der Waals surface area contributed by atoms with Crippen molar-refractivity contribution >= 4 is 12.2 Å². The van der Waals surface area contributed by atoms with E-state index in [9.17, 15) is 10.0 Å². The summed E-state index contributed by atoms with van der Waals surface area (Å²) in [4.78, 5) is 11.9. The Bertz CT molecular complexity index is 865. The van der Waals surface area contributed by atoms with E-state index < -0.39 is 5.56 Å². The Morgan fingerprint density at radius 1 is 0.826 bits per heavy atom. The van der Waals surface area contributed by atoms with Gasteiger partial charge >= 0.3 is 0 Å². The van der Waals surface area contributed by atoms with E-state index in [0.717, 1.165) is 16.7 Å². The third-order valence-electron chi connectivity index (χ3n) is 3.60. The van der Waals surface area contributed by atoms with Crippen molar-refractivity contribution in [3.63, 3.8) is 0 Å². The van der Waals surface area contributed by atoms with Crippen LogP contribution in [0.25, 0.3) is 12.2 Å². The zero-order valence-corrected chi connectivity index (χ0v) is 12.6. The van der Waals surface area contributed by atoms with Gasteiger partial charge in [-0.1, -0.05) is 72.8 Å². The summed E-state index contributed by atoms with van der Waals surface area (Å²) in [5, 5.41) is 9.95. The molecule has 1 N–H and O–H groups in total. The zero-order chi connectivity index (χ0) is 16.1. The van der Waals surface area contributed by atoms with Gasteiger partial charge in [0.2, 0.25) is 0 Å². The second-order valence-corrected chi connectivity index (χ2v) is 5.34. The Morgan fingerprint density at radius 3 is 2.13 bits per heavy atom. The zero-order valence-electron chi connectivity index (χ0n) is 12.6. The normalized spacial score (nSPS) is 11.0. The lowest BCUT2D eigenvalue weighted by Crippen LogP contribution is -2.21. The van der Waals surface area contributed by atoms with E-state index in [0.29, 0.717) is 16.8 Å². The van der Waals surface area contributed by atoms with Crippen LogP contribution in [0.2, 0.25) is 0 Å². The minimum absolute atomic E-state index is 0.425. The summed E-state index contributed by atoms with van der Waals surface area (Å²) in [5.41, 5.74) is 3.02. The number of pyridine rings is 1. The Morgan fingerprint density at radius 2 is 1.43 bits per heavy atom. The van der Waals surface area contributed by atoms with Gasteiger partial charge in [-0.05, 0) is 22.8 Å². The maximum atomic E-state index is 11.9. The Labute approximate surface area is 134 Å². The lowest BCUT2D eigenvalue weighted by atomic mass is 10.1. The molecule has 23 heavy (non-hydrogen) atoms. The van der Waals surface area contributed by atoms with Crippen LogP contribution in [0, 0.1) is 0 Å². The molecule has 0 atom stereocenters. The first-order valence-electron chi connectivity index (χ1n) is 7.45. The molecular formula is C20H17NO2. The Kier molecular flexibility index (Phi) is 4.39. The van der Waals surface area contributed by atoms with Crippen LogP contribution in [0.4, 0.5) is 0 Å².